The second kappa shape index (κ2) is 8.11. The first-order valence-electron chi connectivity index (χ1n) is 9.58. The van der Waals surface area contributed by atoms with Crippen molar-refractivity contribution >= 4 is 11.8 Å². The first-order valence-corrected chi connectivity index (χ1v) is 9.58. The summed E-state index contributed by atoms with van der Waals surface area (Å²) in [5, 5.41) is 8.83. The zero-order valence-corrected chi connectivity index (χ0v) is 16.6. The van der Waals surface area contributed by atoms with Gasteiger partial charge in [-0.25, -0.2) is 4.39 Å². The van der Waals surface area contributed by atoms with E-state index in [0.717, 1.165) is 6.07 Å². The fourth-order valence-electron chi connectivity index (χ4n) is 3.75. The lowest BCUT2D eigenvalue weighted by atomic mass is 10.0. The van der Waals surface area contributed by atoms with E-state index < -0.39 is 48.0 Å². The highest BCUT2D eigenvalue weighted by molar-refractivity contribution is 5.99. The summed E-state index contributed by atoms with van der Waals surface area (Å²) in [4.78, 5) is 26.1. The van der Waals surface area contributed by atoms with Crippen molar-refractivity contribution in [1.29, 1.82) is 0 Å². The summed E-state index contributed by atoms with van der Waals surface area (Å²) in [7, 11) is 0. The Morgan fingerprint density at radius 2 is 2.06 bits per heavy atom. The van der Waals surface area contributed by atoms with Crippen LogP contribution in [0.5, 0.6) is 0 Å². The van der Waals surface area contributed by atoms with Crippen molar-refractivity contribution in [2.24, 2.45) is 0 Å². The molecule has 2 amide bonds. The predicted molar refractivity (Wildman–Crippen MR) is 96.3 cm³/mol. The Morgan fingerprint density at radius 1 is 1.31 bits per heavy atom. The highest BCUT2D eigenvalue weighted by atomic mass is 19.3. The summed E-state index contributed by atoms with van der Waals surface area (Å²) in [5.41, 5.74) is -0.0581. The summed E-state index contributed by atoms with van der Waals surface area (Å²) in [6.07, 6.45) is -2.78. The fraction of sp³-hybridized carbons (Fsp3) is 0.474. The monoisotopic (exact) mass is 460 g/mol. The molecule has 3 heterocycles. The van der Waals surface area contributed by atoms with Gasteiger partial charge in [0.05, 0.1) is 25.2 Å². The van der Waals surface area contributed by atoms with Gasteiger partial charge in [-0.15, -0.1) is 10.2 Å². The van der Waals surface area contributed by atoms with Crippen LogP contribution < -0.4 is 5.32 Å². The molecule has 1 aromatic heterocycles. The van der Waals surface area contributed by atoms with Crippen LogP contribution in [-0.2, 0) is 16.1 Å². The van der Waals surface area contributed by atoms with E-state index in [1.165, 1.54) is 11.0 Å². The third kappa shape index (κ3) is 4.04. The minimum Gasteiger partial charge on any atom is -0.415 e. The summed E-state index contributed by atoms with van der Waals surface area (Å²) in [6.45, 7) is 0.405. The second-order valence-electron chi connectivity index (χ2n) is 7.56. The number of hydrogen-bond donors (Lipinski definition) is 1. The first-order chi connectivity index (χ1) is 15.1. The van der Waals surface area contributed by atoms with Crippen LogP contribution in [0.2, 0.25) is 0 Å². The molecule has 1 fully saturated rings. The highest BCUT2D eigenvalue weighted by Crippen LogP contribution is 2.34. The molecule has 8 nitrogen and oxygen atoms in total. The van der Waals surface area contributed by atoms with E-state index >= 15 is 0 Å². The van der Waals surface area contributed by atoms with Crippen LogP contribution in [-0.4, -0.2) is 58.1 Å². The molecular formula is C19H17F5N4O4. The van der Waals surface area contributed by atoms with Crippen molar-refractivity contribution in [3.05, 3.63) is 35.0 Å². The summed E-state index contributed by atoms with van der Waals surface area (Å²) >= 11 is 0. The molecule has 0 spiro atoms. The highest BCUT2D eigenvalue weighted by Gasteiger charge is 2.42. The topological polar surface area (TPSA) is 97.6 Å². The van der Waals surface area contributed by atoms with E-state index in [0.29, 0.717) is 6.92 Å². The zero-order valence-electron chi connectivity index (χ0n) is 16.6. The molecule has 4 rings (SSSR count). The van der Waals surface area contributed by atoms with E-state index in [4.69, 9.17) is 9.15 Å². The molecule has 2 atom stereocenters. The van der Waals surface area contributed by atoms with Gasteiger partial charge in [0, 0.05) is 30.2 Å². The molecule has 0 bridgehead atoms. The van der Waals surface area contributed by atoms with Gasteiger partial charge < -0.3 is 19.4 Å². The molecule has 0 radical (unpaired) electrons. The minimum absolute atomic E-state index is 0.0461. The Balaban J connectivity index is 1.60. The number of rotatable bonds is 5. The van der Waals surface area contributed by atoms with E-state index in [1.54, 1.807) is 0 Å². The van der Waals surface area contributed by atoms with Crippen molar-refractivity contribution in [2.75, 3.05) is 13.2 Å². The Kier molecular flexibility index (Phi) is 5.61. The largest absolute Gasteiger partial charge is 0.415 e. The fourth-order valence-corrected chi connectivity index (χ4v) is 3.75. The van der Waals surface area contributed by atoms with Gasteiger partial charge in [-0.2, -0.15) is 17.6 Å². The normalized spacial score (nSPS) is 21.2. The van der Waals surface area contributed by atoms with E-state index in [2.05, 4.69) is 15.5 Å². The molecule has 0 aliphatic carbocycles. The number of fused-ring (bicyclic) bond motifs is 1. The van der Waals surface area contributed by atoms with Gasteiger partial charge in [0.15, 0.2) is 0 Å². The summed E-state index contributed by atoms with van der Waals surface area (Å²) < 4.78 is 76.9. The SMILES string of the molecule is CC(F)(F)C(=O)N[C@H]1COCC[C@H]1N1Cc2c(F)cc(-c3nnc(C(F)F)o3)cc2C1=O. The Hall–Kier alpha value is -3.09. The molecule has 1 N–H and O–H groups in total. The average Bonchev–Trinajstić information content (AvgIpc) is 3.34. The molecule has 32 heavy (non-hydrogen) atoms. The molecule has 1 saturated heterocycles. The number of nitrogens with zero attached hydrogens (tertiary/aromatic N) is 3. The van der Waals surface area contributed by atoms with Crippen molar-refractivity contribution in [2.45, 2.75) is 44.3 Å². The maximum absolute atomic E-state index is 14.8. The van der Waals surface area contributed by atoms with Crippen LogP contribution in [0.4, 0.5) is 22.0 Å². The van der Waals surface area contributed by atoms with Gasteiger partial charge in [-0.3, -0.25) is 9.59 Å². The lowest BCUT2D eigenvalue weighted by molar-refractivity contribution is -0.145. The first kappa shape index (κ1) is 22.1. The Bertz CT molecular complexity index is 1050. The number of halogens is 5. The minimum atomic E-state index is -3.62. The van der Waals surface area contributed by atoms with Crippen LogP contribution >= 0.6 is 0 Å². The number of benzene rings is 1. The maximum atomic E-state index is 14.8. The third-order valence-electron chi connectivity index (χ3n) is 5.32. The average molecular weight is 460 g/mol. The summed E-state index contributed by atoms with van der Waals surface area (Å²) in [6, 6.07) is 0.592. The number of hydrogen-bond acceptors (Lipinski definition) is 6. The molecule has 2 aliphatic heterocycles. The van der Waals surface area contributed by atoms with Gasteiger partial charge in [-0.05, 0) is 18.6 Å². The van der Waals surface area contributed by atoms with Gasteiger partial charge in [0.2, 0.25) is 5.89 Å². The summed E-state index contributed by atoms with van der Waals surface area (Å²) in [5.74, 6) is -7.86. The van der Waals surface area contributed by atoms with Crippen LogP contribution in [0.1, 0.15) is 41.6 Å². The zero-order chi connectivity index (χ0) is 23.2. The molecule has 0 unspecified atom stereocenters. The lowest BCUT2D eigenvalue weighted by Gasteiger charge is -2.38. The Labute approximate surface area is 177 Å². The molecular weight excluding hydrogens is 443 g/mol. The quantitative estimate of drug-likeness (QED) is 0.690. The second-order valence-corrected chi connectivity index (χ2v) is 7.56. The van der Waals surface area contributed by atoms with Crippen molar-refractivity contribution in [3.8, 4) is 11.5 Å². The number of carbonyl (C=O) groups is 2. The molecule has 1 aromatic carbocycles. The van der Waals surface area contributed by atoms with Crippen molar-refractivity contribution in [3.63, 3.8) is 0 Å². The Morgan fingerprint density at radius 3 is 2.72 bits per heavy atom. The number of ether oxygens (including phenoxy) is 1. The van der Waals surface area contributed by atoms with Crippen molar-refractivity contribution < 1.29 is 40.7 Å². The lowest BCUT2D eigenvalue weighted by Crippen LogP contribution is -2.58. The molecule has 2 aliphatic rings. The van der Waals surface area contributed by atoms with E-state index in [1.807, 2.05) is 0 Å². The van der Waals surface area contributed by atoms with Gasteiger partial charge in [0.1, 0.15) is 5.82 Å². The maximum Gasteiger partial charge on any atom is 0.321 e. The number of nitrogens with one attached hydrogen (secondary N) is 1. The smallest absolute Gasteiger partial charge is 0.321 e. The molecule has 2 aromatic rings. The molecule has 0 saturated carbocycles. The van der Waals surface area contributed by atoms with E-state index in [9.17, 15) is 31.5 Å². The van der Waals surface area contributed by atoms with Crippen molar-refractivity contribution in [1.82, 2.24) is 20.4 Å². The standard InChI is InChI=1S/C19H17F5N4O4/c1-19(23,24)18(30)25-12-7-31-3-2-13(12)28-6-10-9(17(28)29)4-8(5-11(10)20)15-26-27-16(32-15)14(21)22/h4-5,12-14H,2-3,6-7H2,1H3,(H,25,30)/t12-,13+/m0/s1. The van der Waals surface area contributed by atoms with Gasteiger partial charge in [-0.1, -0.05) is 0 Å². The molecule has 172 valence electrons. The number of carbonyl (C=O) groups excluding carboxylic acids is 2. The number of amides is 2. The number of aromatic nitrogens is 2. The van der Waals surface area contributed by atoms with Crippen LogP contribution in [0, 0.1) is 5.82 Å². The van der Waals surface area contributed by atoms with Crippen LogP contribution in [0.25, 0.3) is 11.5 Å². The van der Waals surface area contributed by atoms with Gasteiger partial charge >= 0.3 is 12.3 Å². The predicted octanol–water partition coefficient (Wildman–Crippen LogP) is 2.70. The van der Waals surface area contributed by atoms with Crippen LogP contribution in [0.3, 0.4) is 0 Å². The van der Waals surface area contributed by atoms with E-state index in [-0.39, 0.29) is 48.8 Å². The van der Waals surface area contributed by atoms with Gasteiger partial charge in [0.25, 0.3) is 17.7 Å². The third-order valence-corrected chi connectivity index (χ3v) is 5.32. The van der Waals surface area contributed by atoms with Crippen LogP contribution in [0.15, 0.2) is 16.5 Å². The molecule has 13 heteroatoms. The number of alkyl halides is 4.